The molecule has 1 atom stereocenters. The highest BCUT2D eigenvalue weighted by Crippen LogP contribution is 2.22. The van der Waals surface area contributed by atoms with Crippen molar-refractivity contribution in [3.63, 3.8) is 0 Å². The van der Waals surface area contributed by atoms with Gasteiger partial charge in [0.1, 0.15) is 11.4 Å². The Morgan fingerprint density at radius 1 is 1.13 bits per heavy atom. The average molecular weight is 310 g/mol. The fourth-order valence-electron chi connectivity index (χ4n) is 2.23. The highest BCUT2D eigenvalue weighted by molar-refractivity contribution is 5.56. The second kappa shape index (κ2) is 6.50. The predicted octanol–water partition coefficient (Wildman–Crippen LogP) is 2.59. The zero-order valence-corrected chi connectivity index (χ0v) is 13.0. The van der Waals surface area contributed by atoms with Gasteiger partial charge in [-0.1, -0.05) is 18.2 Å². The van der Waals surface area contributed by atoms with Crippen LogP contribution < -0.4 is 10.1 Å². The lowest BCUT2D eigenvalue weighted by Crippen LogP contribution is -2.12. The Morgan fingerprint density at radius 2 is 1.91 bits per heavy atom. The van der Waals surface area contributed by atoms with Crippen LogP contribution in [0.4, 0.5) is 5.95 Å². The van der Waals surface area contributed by atoms with Crippen LogP contribution in [0.3, 0.4) is 0 Å². The van der Waals surface area contributed by atoms with Crippen LogP contribution in [-0.2, 0) is 7.05 Å². The number of aromatic nitrogens is 3. The molecule has 0 saturated heterocycles. The monoisotopic (exact) mass is 310 g/mol. The van der Waals surface area contributed by atoms with E-state index in [1.54, 1.807) is 37.6 Å². The average Bonchev–Trinajstić information content (AvgIpc) is 2.96. The van der Waals surface area contributed by atoms with Crippen molar-refractivity contribution in [3.05, 3.63) is 60.4 Å². The lowest BCUT2D eigenvalue weighted by Gasteiger charge is -2.14. The number of hydrogen-bond acceptors (Lipinski definition) is 5. The molecule has 2 N–H and O–H groups in total. The van der Waals surface area contributed by atoms with Crippen molar-refractivity contribution >= 4 is 5.95 Å². The second-order valence-corrected chi connectivity index (χ2v) is 5.10. The quantitative estimate of drug-likeness (QED) is 0.709. The summed E-state index contributed by atoms with van der Waals surface area (Å²) in [6.07, 6.45) is 2.73. The van der Waals surface area contributed by atoms with Gasteiger partial charge >= 0.3 is 0 Å². The van der Waals surface area contributed by atoms with E-state index in [0.717, 1.165) is 22.7 Å². The van der Waals surface area contributed by atoms with Gasteiger partial charge in [-0.2, -0.15) is 0 Å². The van der Waals surface area contributed by atoms with Crippen LogP contribution in [-0.4, -0.2) is 26.8 Å². The molecule has 0 aliphatic heterocycles. The van der Waals surface area contributed by atoms with Gasteiger partial charge in [0.2, 0.25) is 5.95 Å². The molecule has 0 aliphatic carbocycles. The zero-order chi connectivity index (χ0) is 16.2. The van der Waals surface area contributed by atoms with Crippen molar-refractivity contribution in [1.82, 2.24) is 14.5 Å². The third-order valence-corrected chi connectivity index (χ3v) is 3.50. The van der Waals surface area contributed by atoms with Crippen LogP contribution in [0.25, 0.3) is 11.4 Å². The van der Waals surface area contributed by atoms with Gasteiger partial charge in [0, 0.05) is 25.0 Å². The molecule has 6 heteroatoms. The number of aryl methyl sites for hydroxylation is 1. The van der Waals surface area contributed by atoms with E-state index in [9.17, 15) is 5.11 Å². The van der Waals surface area contributed by atoms with Crippen LogP contribution in [0.5, 0.6) is 5.75 Å². The number of methoxy groups -OCH3 is 1. The second-order valence-electron chi connectivity index (χ2n) is 5.10. The first-order chi connectivity index (χ1) is 11.2. The van der Waals surface area contributed by atoms with Gasteiger partial charge in [-0.3, -0.25) is 4.98 Å². The number of benzene rings is 1. The van der Waals surface area contributed by atoms with Crippen molar-refractivity contribution in [2.75, 3.05) is 12.4 Å². The number of imidazole rings is 1. The van der Waals surface area contributed by atoms with Crippen molar-refractivity contribution in [1.29, 1.82) is 0 Å². The SMILES string of the molecule is COc1ccc(C(O)Nc2nc(-c3ccccn3)cn2C)cc1. The number of rotatable bonds is 5. The number of ether oxygens (including phenoxy) is 1. The first-order valence-electron chi connectivity index (χ1n) is 7.20. The molecule has 0 radical (unpaired) electrons. The van der Waals surface area contributed by atoms with Gasteiger partial charge in [-0.25, -0.2) is 4.98 Å². The molecule has 3 aromatic rings. The van der Waals surface area contributed by atoms with Crippen molar-refractivity contribution in [2.24, 2.45) is 7.05 Å². The number of hydrogen-bond donors (Lipinski definition) is 2. The zero-order valence-electron chi connectivity index (χ0n) is 13.0. The maximum atomic E-state index is 10.3. The van der Waals surface area contributed by atoms with E-state index in [1.807, 2.05) is 36.0 Å². The number of nitrogens with one attached hydrogen (secondary N) is 1. The van der Waals surface area contributed by atoms with Gasteiger partial charge in [-0.05, 0) is 24.3 Å². The Balaban J connectivity index is 1.78. The van der Waals surface area contributed by atoms with Crippen molar-refractivity contribution < 1.29 is 9.84 Å². The summed E-state index contributed by atoms with van der Waals surface area (Å²) in [6, 6.07) is 12.9. The number of aliphatic hydroxyl groups is 1. The Labute approximate surface area is 134 Å². The molecule has 1 aromatic carbocycles. The molecule has 118 valence electrons. The van der Waals surface area contributed by atoms with Gasteiger partial charge < -0.3 is 19.7 Å². The van der Waals surface area contributed by atoms with Gasteiger partial charge in [0.25, 0.3) is 0 Å². The Kier molecular flexibility index (Phi) is 4.25. The molecule has 0 fully saturated rings. The van der Waals surface area contributed by atoms with E-state index in [4.69, 9.17) is 4.74 Å². The standard InChI is InChI=1S/C17H18N4O2/c1-21-11-15(14-5-3-4-10-18-14)19-17(21)20-16(22)12-6-8-13(23-2)9-7-12/h3-11,16,22H,1-2H3,(H,19,20). The molecule has 2 aromatic heterocycles. The summed E-state index contributed by atoms with van der Waals surface area (Å²) in [5.41, 5.74) is 2.26. The molecule has 0 saturated carbocycles. The molecule has 2 heterocycles. The minimum atomic E-state index is -0.862. The molecule has 23 heavy (non-hydrogen) atoms. The van der Waals surface area contributed by atoms with Gasteiger partial charge in [0.15, 0.2) is 6.23 Å². The predicted molar refractivity (Wildman–Crippen MR) is 88.0 cm³/mol. The molecule has 6 nitrogen and oxygen atoms in total. The third kappa shape index (κ3) is 3.32. The van der Waals surface area contributed by atoms with E-state index < -0.39 is 6.23 Å². The summed E-state index contributed by atoms with van der Waals surface area (Å²) >= 11 is 0. The molecule has 1 unspecified atom stereocenters. The maximum absolute atomic E-state index is 10.3. The summed E-state index contributed by atoms with van der Waals surface area (Å²) in [7, 11) is 3.47. The molecule has 0 spiro atoms. The molecule has 0 amide bonds. The fraction of sp³-hybridized carbons (Fsp3) is 0.176. The fourth-order valence-corrected chi connectivity index (χ4v) is 2.23. The van der Waals surface area contributed by atoms with E-state index in [1.165, 1.54) is 0 Å². The first kappa shape index (κ1) is 15.1. The van der Waals surface area contributed by atoms with Crippen LogP contribution in [0, 0.1) is 0 Å². The van der Waals surface area contributed by atoms with E-state index in [-0.39, 0.29) is 0 Å². The minimum absolute atomic E-state index is 0.564. The highest BCUT2D eigenvalue weighted by atomic mass is 16.5. The number of anilines is 1. The molecule has 3 rings (SSSR count). The Morgan fingerprint density at radius 3 is 2.57 bits per heavy atom. The minimum Gasteiger partial charge on any atom is -0.497 e. The summed E-state index contributed by atoms with van der Waals surface area (Å²) in [6.45, 7) is 0. The number of aliphatic hydroxyl groups excluding tert-OH is 1. The Hall–Kier alpha value is -2.86. The molecular weight excluding hydrogens is 292 g/mol. The van der Waals surface area contributed by atoms with Crippen LogP contribution in [0.15, 0.2) is 54.9 Å². The normalized spacial score (nSPS) is 12.0. The van der Waals surface area contributed by atoms with Gasteiger partial charge in [-0.15, -0.1) is 0 Å². The molecule has 0 aliphatic rings. The largest absolute Gasteiger partial charge is 0.497 e. The van der Waals surface area contributed by atoms with Crippen LogP contribution in [0.1, 0.15) is 11.8 Å². The molecule has 0 bridgehead atoms. The summed E-state index contributed by atoms with van der Waals surface area (Å²) in [5.74, 6) is 1.31. The maximum Gasteiger partial charge on any atom is 0.205 e. The van der Waals surface area contributed by atoms with E-state index in [0.29, 0.717) is 5.95 Å². The molecular formula is C17H18N4O2. The lowest BCUT2D eigenvalue weighted by atomic mass is 10.2. The lowest BCUT2D eigenvalue weighted by molar-refractivity contribution is 0.206. The van der Waals surface area contributed by atoms with E-state index >= 15 is 0 Å². The summed E-state index contributed by atoms with van der Waals surface area (Å²) in [4.78, 5) is 8.76. The topological polar surface area (TPSA) is 72.2 Å². The number of nitrogens with zero attached hydrogens (tertiary/aromatic N) is 3. The van der Waals surface area contributed by atoms with Gasteiger partial charge in [0.05, 0.1) is 12.8 Å². The first-order valence-corrected chi connectivity index (χ1v) is 7.20. The van der Waals surface area contributed by atoms with Crippen molar-refractivity contribution in [2.45, 2.75) is 6.23 Å². The number of pyridine rings is 1. The third-order valence-electron chi connectivity index (χ3n) is 3.50. The van der Waals surface area contributed by atoms with E-state index in [2.05, 4.69) is 15.3 Å². The summed E-state index contributed by atoms with van der Waals surface area (Å²) < 4.78 is 6.93. The van der Waals surface area contributed by atoms with Crippen molar-refractivity contribution in [3.8, 4) is 17.1 Å². The highest BCUT2D eigenvalue weighted by Gasteiger charge is 2.13. The van der Waals surface area contributed by atoms with Crippen LogP contribution >= 0.6 is 0 Å². The summed E-state index contributed by atoms with van der Waals surface area (Å²) in [5, 5.41) is 13.3. The Bertz CT molecular complexity index is 769. The smallest absolute Gasteiger partial charge is 0.205 e. The van der Waals surface area contributed by atoms with Crippen LogP contribution in [0.2, 0.25) is 0 Å².